The van der Waals surface area contributed by atoms with Crippen LogP contribution in [0, 0.1) is 17.8 Å². The van der Waals surface area contributed by atoms with Crippen molar-refractivity contribution >= 4 is 5.97 Å². The van der Waals surface area contributed by atoms with Gasteiger partial charge >= 0.3 is 5.97 Å². The molecule has 2 rings (SSSR count). The fraction of sp³-hybridized carbons (Fsp3) is 0.875. The Balaban J connectivity index is 1.68. The molecule has 0 spiro atoms. The first-order chi connectivity index (χ1) is 14.0. The van der Waals surface area contributed by atoms with E-state index in [1.807, 2.05) is 0 Å². The summed E-state index contributed by atoms with van der Waals surface area (Å²) < 4.78 is 4.63. The molecular weight excluding hydrogens is 368 g/mol. The summed E-state index contributed by atoms with van der Waals surface area (Å²) in [4.78, 5) is 11.1. The van der Waals surface area contributed by atoms with Crippen LogP contribution in [0.3, 0.4) is 0 Å². The molecule has 2 saturated carbocycles. The Morgan fingerprint density at radius 2 is 1.72 bits per heavy atom. The van der Waals surface area contributed by atoms with E-state index in [1.54, 1.807) is 0 Å². The van der Waals surface area contributed by atoms with Gasteiger partial charge in [0, 0.05) is 6.42 Å². The van der Waals surface area contributed by atoms with Crippen LogP contribution in [0.15, 0.2) is 12.2 Å². The van der Waals surface area contributed by atoms with Crippen molar-refractivity contribution in [3.63, 3.8) is 0 Å². The lowest BCUT2D eigenvalue weighted by atomic mass is 9.83. The number of hydrogen-bond acceptors (Lipinski definition) is 5. The standard InChI is InChI=1S/C24H42O5/c1-29-24(28)12-8-3-2-7-11-20-21(23(27)17-22(20)26)16-15-19(25)14-13-18-9-5-4-6-10-18/h2,7,18-23,25-27H,3-6,8-17H2,1H3/b7-2+/t19?,20-,21+,22+,23-/m1/s1. The summed E-state index contributed by atoms with van der Waals surface area (Å²) in [7, 11) is 1.40. The number of allylic oxidation sites excluding steroid dienone is 2. The van der Waals surface area contributed by atoms with E-state index < -0.39 is 12.2 Å². The summed E-state index contributed by atoms with van der Waals surface area (Å²) in [6.45, 7) is 0. The van der Waals surface area contributed by atoms with Crippen LogP contribution in [-0.4, -0.2) is 46.7 Å². The molecule has 5 nitrogen and oxygen atoms in total. The zero-order valence-corrected chi connectivity index (χ0v) is 18.2. The van der Waals surface area contributed by atoms with Crippen molar-refractivity contribution in [3.05, 3.63) is 12.2 Å². The maximum atomic E-state index is 11.1. The van der Waals surface area contributed by atoms with Gasteiger partial charge in [-0.15, -0.1) is 0 Å². The normalized spacial score (nSPS) is 29.4. The molecule has 0 saturated heterocycles. The predicted octanol–water partition coefficient (Wildman–Crippen LogP) is 4.14. The van der Waals surface area contributed by atoms with Crippen LogP contribution >= 0.6 is 0 Å². The van der Waals surface area contributed by atoms with Gasteiger partial charge in [0.1, 0.15) is 0 Å². The third-order valence-corrected chi connectivity index (χ3v) is 7.04. The number of methoxy groups -OCH3 is 1. The molecule has 29 heavy (non-hydrogen) atoms. The molecule has 2 fully saturated rings. The Bertz CT molecular complexity index is 486. The minimum atomic E-state index is -0.478. The van der Waals surface area contributed by atoms with Crippen molar-refractivity contribution in [1.29, 1.82) is 0 Å². The average Bonchev–Trinajstić information content (AvgIpc) is 3.00. The number of carbonyl (C=O) groups excluding carboxylic acids is 1. The van der Waals surface area contributed by atoms with Crippen molar-refractivity contribution in [2.24, 2.45) is 17.8 Å². The first kappa shape index (κ1) is 24.4. The predicted molar refractivity (Wildman–Crippen MR) is 114 cm³/mol. The molecule has 0 amide bonds. The lowest BCUT2D eigenvalue weighted by molar-refractivity contribution is -0.140. The van der Waals surface area contributed by atoms with E-state index in [0.29, 0.717) is 19.3 Å². The van der Waals surface area contributed by atoms with Crippen molar-refractivity contribution in [2.45, 2.75) is 108 Å². The quantitative estimate of drug-likeness (QED) is 0.256. The smallest absolute Gasteiger partial charge is 0.305 e. The van der Waals surface area contributed by atoms with Crippen molar-refractivity contribution in [3.8, 4) is 0 Å². The van der Waals surface area contributed by atoms with E-state index in [-0.39, 0.29) is 23.9 Å². The summed E-state index contributed by atoms with van der Waals surface area (Å²) in [6.07, 6.45) is 16.2. The number of rotatable bonds is 12. The first-order valence-corrected chi connectivity index (χ1v) is 11.8. The van der Waals surface area contributed by atoms with Crippen molar-refractivity contribution < 1.29 is 24.9 Å². The second-order valence-corrected chi connectivity index (χ2v) is 9.19. The second kappa shape index (κ2) is 13.4. The molecule has 168 valence electrons. The molecule has 5 atom stereocenters. The van der Waals surface area contributed by atoms with Crippen LogP contribution in [0.5, 0.6) is 0 Å². The van der Waals surface area contributed by atoms with Crippen molar-refractivity contribution in [2.75, 3.05) is 7.11 Å². The first-order valence-electron chi connectivity index (χ1n) is 11.8. The van der Waals surface area contributed by atoms with E-state index in [2.05, 4.69) is 16.9 Å². The molecule has 0 heterocycles. The van der Waals surface area contributed by atoms with E-state index in [0.717, 1.165) is 44.4 Å². The Labute approximate surface area is 176 Å². The van der Waals surface area contributed by atoms with Gasteiger partial charge in [-0.2, -0.15) is 0 Å². The Morgan fingerprint density at radius 1 is 1.03 bits per heavy atom. The number of unbranched alkanes of at least 4 members (excludes halogenated alkanes) is 1. The Morgan fingerprint density at radius 3 is 2.45 bits per heavy atom. The van der Waals surface area contributed by atoms with Gasteiger partial charge in [-0.1, -0.05) is 44.3 Å². The monoisotopic (exact) mass is 410 g/mol. The highest BCUT2D eigenvalue weighted by Crippen LogP contribution is 2.38. The second-order valence-electron chi connectivity index (χ2n) is 9.19. The molecule has 0 radical (unpaired) electrons. The van der Waals surface area contributed by atoms with Crippen LogP contribution < -0.4 is 0 Å². The summed E-state index contributed by atoms with van der Waals surface area (Å²) >= 11 is 0. The summed E-state index contributed by atoms with van der Waals surface area (Å²) in [5.74, 6) is 0.700. The molecule has 5 heteroatoms. The van der Waals surface area contributed by atoms with E-state index in [4.69, 9.17) is 0 Å². The van der Waals surface area contributed by atoms with Gasteiger partial charge in [0.05, 0.1) is 25.4 Å². The number of aliphatic hydroxyl groups excluding tert-OH is 3. The number of ether oxygens (including phenoxy) is 1. The molecule has 3 N–H and O–H groups in total. The zero-order valence-electron chi connectivity index (χ0n) is 18.2. The Kier molecular flexibility index (Phi) is 11.3. The van der Waals surface area contributed by atoms with Crippen LogP contribution in [0.2, 0.25) is 0 Å². The Hall–Kier alpha value is -0.910. The molecule has 1 unspecified atom stereocenters. The van der Waals surface area contributed by atoms with Gasteiger partial charge in [-0.25, -0.2) is 0 Å². The molecule has 0 aromatic carbocycles. The number of esters is 1. The maximum absolute atomic E-state index is 11.1. The largest absolute Gasteiger partial charge is 0.469 e. The van der Waals surface area contributed by atoms with Crippen LogP contribution in [0.25, 0.3) is 0 Å². The van der Waals surface area contributed by atoms with E-state index >= 15 is 0 Å². The minimum absolute atomic E-state index is 0.0485. The third-order valence-electron chi connectivity index (χ3n) is 7.04. The van der Waals surface area contributed by atoms with Gasteiger partial charge < -0.3 is 20.1 Å². The summed E-state index contributed by atoms with van der Waals surface area (Å²) in [6, 6.07) is 0. The highest BCUT2D eigenvalue weighted by Gasteiger charge is 2.40. The minimum Gasteiger partial charge on any atom is -0.469 e. The molecular formula is C24H42O5. The summed E-state index contributed by atoms with van der Waals surface area (Å²) in [5.41, 5.74) is 0. The topological polar surface area (TPSA) is 87.0 Å². The molecule has 2 aliphatic rings. The fourth-order valence-corrected chi connectivity index (χ4v) is 5.18. The van der Waals surface area contributed by atoms with E-state index in [9.17, 15) is 20.1 Å². The molecule has 2 aliphatic carbocycles. The van der Waals surface area contributed by atoms with Crippen LogP contribution in [0.4, 0.5) is 0 Å². The zero-order chi connectivity index (χ0) is 21.1. The van der Waals surface area contributed by atoms with Crippen LogP contribution in [0.1, 0.15) is 89.9 Å². The van der Waals surface area contributed by atoms with Gasteiger partial charge in [0.15, 0.2) is 0 Å². The average molecular weight is 411 g/mol. The van der Waals surface area contributed by atoms with E-state index in [1.165, 1.54) is 39.2 Å². The number of aliphatic hydroxyl groups is 3. The molecule has 0 aromatic rings. The number of hydrogen-bond donors (Lipinski definition) is 3. The molecule has 0 aromatic heterocycles. The fourth-order valence-electron chi connectivity index (χ4n) is 5.18. The van der Waals surface area contributed by atoms with Crippen molar-refractivity contribution in [1.82, 2.24) is 0 Å². The third kappa shape index (κ3) is 8.77. The van der Waals surface area contributed by atoms with Gasteiger partial charge in [-0.3, -0.25) is 4.79 Å². The summed E-state index contributed by atoms with van der Waals surface area (Å²) in [5, 5.41) is 31.2. The van der Waals surface area contributed by atoms with Crippen LogP contribution in [-0.2, 0) is 9.53 Å². The van der Waals surface area contributed by atoms with Gasteiger partial charge in [0.2, 0.25) is 0 Å². The highest BCUT2D eigenvalue weighted by molar-refractivity contribution is 5.69. The lowest BCUT2D eigenvalue weighted by Gasteiger charge is -2.25. The maximum Gasteiger partial charge on any atom is 0.305 e. The highest BCUT2D eigenvalue weighted by atomic mass is 16.5. The van der Waals surface area contributed by atoms with Gasteiger partial charge in [-0.05, 0) is 69.1 Å². The SMILES string of the molecule is COC(=O)CCC/C=C/C[C@@H]1[C@H](CCC(O)CCC2CCCCC2)[C@H](O)C[C@@H]1O. The molecule has 0 bridgehead atoms. The van der Waals surface area contributed by atoms with Gasteiger partial charge in [0.25, 0.3) is 0 Å². The number of carbonyl (C=O) groups is 1. The lowest BCUT2D eigenvalue weighted by Crippen LogP contribution is -2.23. The molecule has 0 aliphatic heterocycles.